The number of hydrogen-bond donors (Lipinski definition) is 0. The number of halogens is 1. The van der Waals surface area contributed by atoms with Crippen LogP contribution < -0.4 is 0 Å². The van der Waals surface area contributed by atoms with Crippen molar-refractivity contribution in [2.24, 2.45) is 0 Å². The van der Waals surface area contributed by atoms with E-state index in [2.05, 4.69) is 25.5 Å². The number of hydrogen-bond acceptors (Lipinski definition) is 2. The van der Waals surface area contributed by atoms with Gasteiger partial charge in [0, 0.05) is 0 Å². The fourth-order valence-corrected chi connectivity index (χ4v) is 0.346. The molecule has 50 valence electrons. The second kappa shape index (κ2) is 4.23. The van der Waals surface area contributed by atoms with E-state index in [1.165, 1.54) is 0 Å². The molecule has 0 spiro atoms. The molecule has 0 aliphatic carbocycles. The largest absolute Gasteiger partial charge is 0.457 e. The minimum absolute atomic E-state index is 0.218. The van der Waals surface area contributed by atoms with Crippen LogP contribution in [0, 0.1) is 0 Å². The molecule has 0 saturated heterocycles. The van der Waals surface area contributed by atoms with Gasteiger partial charge in [-0.25, -0.2) is 4.79 Å². The van der Waals surface area contributed by atoms with Crippen LogP contribution in [0.3, 0.4) is 0 Å². The second-order valence-corrected chi connectivity index (χ2v) is 1.86. The smallest absolute Gasteiger partial charge is 0.440 e. The zero-order chi connectivity index (χ0) is 7.28. The molecule has 0 amide bonds. The molecule has 0 radical (unpaired) electrons. The van der Waals surface area contributed by atoms with Crippen LogP contribution in [-0.4, -0.2) is 22.0 Å². The Morgan fingerprint density at radius 3 is 2.78 bits per heavy atom. The maximum Gasteiger partial charge on any atom is 0.440 e. The van der Waals surface area contributed by atoms with Crippen LogP contribution in [0.2, 0.25) is 0 Å². The van der Waals surface area contributed by atoms with Crippen molar-refractivity contribution in [3.8, 4) is 0 Å². The first-order valence-corrected chi connectivity index (χ1v) is 3.06. The van der Waals surface area contributed by atoms with Crippen molar-refractivity contribution >= 4 is 26.5 Å². The maximum atomic E-state index is 10.4. The standard InChI is InChI=1S/C4H5BrN2O2/c1-2-9-4(8)3(5)7-6/h2H2,1H3. The fraction of sp³-hybridized carbons (Fsp3) is 0.500. The molecule has 0 N–H and O–H groups in total. The highest BCUT2D eigenvalue weighted by Crippen LogP contribution is 1.87. The Bertz CT molecular complexity index is 162. The fourth-order valence-electron chi connectivity index (χ4n) is 0.231. The summed E-state index contributed by atoms with van der Waals surface area (Å²) < 4.78 is 4.20. The first-order valence-electron chi connectivity index (χ1n) is 2.27. The number of esters is 1. The van der Waals surface area contributed by atoms with E-state index in [1.807, 2.05) is 0 Å². The Labute approximate surface area is 60.6 Å². The van der Waals surface area contributed by atoms with Crippen LogP contribution >= 0.6 is 15.9 Å². The van der Waals surface area contributed by atoms with Crippen molar-refractivity contribution < 1.29 is 14.3 Å². The molecule has 0 bridgehead atoms. The molecule has 0 heterocycles. The van der Waals surface area contributed by atoms with Gasteiger partial charge in [0.25, 0.3) is 0 Å². The Hall–Kier alpha value is -0.670. The van der Waals surface area contributed by atoms with E-state index >= 15 is 0 Å². The van der Waals surface area contributed by atoms with E-state index in [1.54, 1.807) is 6.92 Å². The van der Waals surface area contributed by atoms with Crippen molar-refractivity contribution in [2.75, 3.05) is 6.61 Å². The summed E-state index contributed by atoms with van der Waals surface area (Å²) in [6.45, 7) is 1.93. The molecular weight excluding hydrogens is 188 g/mol. The predicted octanol–water partition coefficient (Wildman–Crippen LogP) is 0.573. The van der Waals surface area contributed by atoms with Crippen molar-refractivity contribution in [1.29, 1.82) is 0 Å². The number of carbonyl (C=O) groups excluding carboxylic acids is 1. The first-order chi connectivity index (χ1) is 4.22. The molecule has 0 aliphatic rings. The quantitative estimate of drug-likeness (QED) is 0.278. The van der Waals surface area contributed by atoms with E-state index in [9.17, 15) is 4.79 Å². The summed E-state index contributed by atoms with van der Waals surface area (Å²) in [5.41, 5.74) is 7.97. The van der Waals surface area contributed by atoms with Crippen LogP contribution in [0.5, 0.6) is 0 Å². The molecule has 0 aliphatic heterocycles. The summed E-state index contributed by atoms with van der Waals surface area (Å²) in [6, 6.07) is 0. The van der Waals surface area contributed by atoms with Gasteiger partial charge < -0.3 is 10.3 Å². The van der Waals surface area contributed by atoms with Gasteiger partial charge in [0.1, 0.15) is 0 Å². The van der Waals surface area contributed by atoms with Crippen LogP contribution in [-0.2, 0) is 9.53 Å². The lowest BCUT2D eigenvalue weighted by Crippen LogP contribution is -2.11. The van der Waals surface area contributed by atoms with Crippen LogP contribution in [0.25, 0.3) is 5.53 Å². The van der Waals surface area contributed by atoms with Gasteiger partial charge in [-0.1, -0.05) is 0 Å². The van der Waals surface area contributed by atoms with Crippen molar-refractivity contribution in [3.05, 3.63) is 5.53 Å². The molecule has 0 fully saturated rings. The first kappa shape index (κ1) is 8.33. The van der Waals surface area contributed by atoms with Crippen molar-refractivity contribution in [1.82, 2.24) is 0 Å². The van der Waals surface area contributed by atoms with Gasteiger partial charge in [-0.3, -0.25) is 0 Å². The minimum atomic E-state index is -0.667. The van der Waals surface area contributed by atoms with Gasteiger partial charge >= 0.3 is 10.6 Å². The highest BCUT2D eigenvalue weighted by molar-refractivity contribution is 9.19. The summed E-state index contributed by atoms with van der Waals surface area (Å²) in [6.07, 6.45) is 0. The van der Waals surface area contributed by atoms with Gasteiger partial charge in [0.15, 0.2) is 0 Å². The summed E-state index contributed by atoms with van der Waals surface area (Å²) >= 11 is 2.67. The zero-order valence-corrected chi connectivity index (χ0v) is 6.38. The molecule has 0 atom stereocenters. The summed E-state index contributed by atoms with van der Waals surface area (Å²) in [5.74, 6) is -0.667. The molecule has 0 unspecified atom stereocenters. The van der Waals surface area contributed by atoms with Gasteiger partial charge in [-0.05, 0) is 6.92 Å². The number of ether oxygens (including phenoxy) is 1. The molecule has 0 aromatic heterocycles. The third-order valence-corrected chi connectivity index (χ3v) is 1.01. The number of rotatable bonds is 2. The van der Waals surface area contributed by atoms with E-state index < -0.39 is 5.97 Å². The Balaban J connectivity index is 3.89. The molecule has 0 aromatic rings. The van der Waals surface area contributed by atoms with Crippen molar-refractivity contribution in [2.45, 2.75) is 6.92 Å². The lowest BCUT2D eigenvalue weighted by Gasteiger charge is -1.89. The van der Waals surface area contributed by atoms with Crippen LogP contribution in [0.4, 0.5) is 0 Å². The van der Waals surface area contributed by atoms with E-state index in [0.717, 1.165) is 0 Å². The second-order valence-electron chi connectivity index (χ2n) is 1.11. The summed E-state index contributed by atoms with van der Waals surface area (Å²) in [5, 5.41) is 0. The van der Waals surface area contributed by atoms with Gasteiger partial charge in [0.2, 0.25) is 0 Å². The normalized spacial score (nSPS) is 7.78. The molecule has 0 saturated carbocycles. The molecule has 0 aromatic carbocycles. The van der Waals surface area contributed by atoms with Crippen molar-refractivity contribution in [3.63, 3.8) is 0 Å². The average molecular weight is 193 g/mol. The predicted molar refractivity (Wildman–Crippen MR) is 34.2 cm³/mol. The minimum Gasteiger partial charge on any atom is -0.457 e. The SMILES string of the molecule is CCOC(=O)C(Br)=[N+]=[N-]. The third-order valence-electron chi connectivity index (χ3n) is 0.532. The van der Waals surface area contributed by atoms with Gasteiger partial charge in [-0.2, -0.15) is 4.79 Å². The van der Waals surface area contributed by atoms with Gasteiger partial charge in [0.05, 0.1) is 22.5 Å². The van der Waals surface area contributed by atoms with E-state index in [4.69, 9.17) is 5.53 Å². The number of nitrogens with zero attached hydrogens (tertiary/aromatic N) is 2. The van der Waals surface area contributed by atoms with Crippen LogP contribution in [0.15, 0.2) is 0 Å². The Morgan fingerprint density at radius 1 is 1.89 bits per heavy atom. The highest BCUT2D eigenvalue weighted by Gasteiger charge is 2.15. The lowest BCUT2D eigenvalue weighted by molar-refractivity contribution is -0.138. The molecule has 0 rings (SSSR count). The Kier molecular flexibility index (Phi) is 3.92. The zero-order valence-electron chi connectivity index (χ0n) is 4.80. The summed E-state index contributed by atoms with van der Waals surface area (Å²) in [4.78, 5) is 13.0. The Morgan fingerprint density at radius 2 is 2.44 bits per heavy atom. The average Bonchev–Trinajstić information content (AvgIpc) is 1.87. The van der Waals surface area contributed by atoms with Gasteiger partial charge in [-0.15, -0.1) is 0 Å². The molecule has 9 heavy (non-hydrogen) atoms. The molecule has 5 heteroatoms. The summed E-state index contributed by atoms with van der Waals surface area (Å²) in [7, 11) is 0. The molecule has 4 nitrogen and oxygen atoms in total. The third kappa shape index (κ3) is 3.00. The van der Waals surface area contributed by atoms with E-state index in [-0.39, 0.29) is 11.2 Å². The van der Waals surface area contributed by atoms with E-state index in [0.29, 0.717) is 0 Å². The maximum absolute atomic E-state index is 10.4. The van der Waals surface area contributed by atoms with Crippen LogP contribution in [0.1, 0.15) is 6.92 Å². The lowest BCUT2D eigenvalue weighted by atomic mass is 10.7. The topological polar surface area (TPSA) is 62.7 Å². The monoisotopic (exact) mass is 192 g/mol. The number of carbonyl (C=O) groups is 1. The highest BCUT2D eigenvalue weighted by atomic mass is 79.9. The molecular formula is C4H5BrN2O2.